The fraction of sp³-hybridized carbons (Fsp3) is 0.562. The highest BCUT2D eigenvalue weighted by Gasteiger charge is 2.43. The minimum Gasteiger partial charge on any atom is -0.496 e. The smallest absolute Gasteiger partial charge is 0.313 e. The Balaban J connectivity index is 2.33. The van der Waals surface area contributed by atoms with Crippen molar-refractivity contribution < 1.29 is 14.3 Å². The Hall–Kier alpha value is -1.75. The summed E-state index contributed by atoms with van der Waals surface area (Å²) < 4.78 is 10.4. The third kappa shape index (κ3) is 3.47. The van der Waals surface area contributed by atoms with Crippen molar-refractivity contribution in [2.45, 2.75) is 25.7 Å². The highest BCUT2D eigenvalue weighted by Crippen LogP contribution is 2.43. The predicted molar refractivity (Wildman–Crippen MR) is 82.0 cm³/mol. The molecule has 116 valence electrons. The summed E-state index contributed by atoms with van der Waals surface area (Å²) >= 11 is 0. The molecule has 2 rings (SSSR count). The largest absolute Gasteiger partial charge is 0.496 e. The van der Waals surface area contributed by atoms with Crippen molar-refractivity contribution in [1.82, 2.24) is 0 Å². The SMILES string of the molecule is COC(=O)C(CN)(Cc1cc(N)ccc1OC)CC1CC1. The van der Waals surface area contributed by atoms with E-state index in [1.807, 2.05) is 12.1 Å². The van der Waals surface area contributed by atoms with E-state index in [-0.39, 0.29) is 12.5 Å². The normalized spacial score (nSPS) is 17.1. The number of esters is 1. The molecule has 0 amide bonds. The standard InChI is InChI=1S/C16H24N2O3/c1-20-14-6-5-13(18)7-12(14)9-16(10-17,15(19)21-2)8-11-3-4-11/h5-7,11H,3-4,8-10,17-18H2,1-2H3. The first-order chi connectivity index (χ1) is 10.0. The number of rotatable bonds is 7. The molecule has 0 saturated heterocycles. The van der Waals surface area contributed by atoms with Crippen molar-refractivity contribution in [1.29, 1.82) is 0 Å². The molecule has 1 unspecified atom stereocenters. The molecule has 1 aliphatic rings. The maximum atomic E-state index is 12.3. The molecule has 21 heavy (non-hydrogen) atoms. The molecule has 1 aromatic rings. The summed E-state index contributed by atoms with van der Waals surface area (Å²) in [6, 6.07) is 5.45. The second kappa shape index (κ2) is 6.35. The number of carbonyl (C=O) groups is 1. The Labute approximate surface area is 125 Å². The number of carbonyl (C=O) groups excluding carboxylic acids is 1. The molecule has 0 spiro atoms. The van der Waals surface area contributed by atoms with Crippen LogP contribution in [-0.4, -0.2) is 26.7 Å². The van der Waals surface area contributed by atoms with Crippen LogP contribution in [0.25, 0.3) is 0 Å². The Morgan fingerprint density at radius 3 is 2.62 bits per heavy atom. The summed E-state index contributed by atoms with van der Waals surface area (Å²) in [6.07, 6.45) is 3.56. The second-order valence-corrected chi connectivity index (χ2v) is 5.87. The first kappa shape index (κ1) is 15.6. The number of anilines is 1. The summed E-state index contributed by atoms with van der Waals surface area (Å²) in [5, 5.41) is 0. The first-order valence-electron chi connectivity index (χ1n) is 7.25. The molecule has 1 aliphatic carbocycles. The van der Waals surface area contributed by atoms with Crippen LogP contribution in [0.4, 0.5) is 5.69 Å². The number of benzene rings is 1. The van der Waals surface area contributed by atoms with Gasteiger partial charge in [0.05, 0.1) is 19.6 Å². The summed E-state index contributed by atoms with van der Waals surface area (Å²) in [5.41, 5.74) is 12.7. The average Bonchev–Trinajstić information content (AvgIpc) is 3.29. The molecule has 1 aromatic carbocycles. The molecule has 0 radical (unpaired) electrons. The minimum absolute atomic E-state index is 0.249. The van der Waals surface area contributed by atoms with E-state index in [0.29, 0.717) is 18.0 Å². The van der Waals surface area contributed by atoms with E-state index >= 15 is 0 Å². The third-order valence-corrected chi connectivity index (χ3v) is 4.22. The zero-order valence-electron chi connectivity index (χ0n) is 12.7. The van der Waals surface area contributed by atoms with E-state index in [2.05, 4.69) is 0 Å². The second-order valence-electron chi connectivity index (χ2n) is 5.87. The van der Waals surface area contributed by atoms with Crippen LogP contribution >= 0.6 is 0 Å². The number of nitrogens with two attached hydrogens (primary N) is 2. The van der Waals surface area contributed by atoms with Crippen LogP contribution in [-0.2, 0) is 16.0 Å². The van der Waals surface area contributed by atoms with Crippen LogP contribution in [0, 0.1) is 11.3 Å². The molecule has 0 bridgehead atoms. The van der Waals surface area contributed by atoms with E-state index in [0.717, 1.165) is 30.6 Å². The van der Waals surface area contributed by atoms with Crippen molar-refractivity contribution in [3.05, 3.63) is 23.8 Å². The summed E-state index contributed by atoms with van der Waals surface area (Å²) in [6.45, 7) is 0.258. The summed E-state index contributed by atoms with van der Waals surface area (Å²) in [7, 11) is 3.02. The van der Waals surface area contributed by atoms with Crippen molar-refractivity contribution in [2.75, 3.05) is 26.5 Å². The van der Waals surface area contributed by atoms with Gasteiger partial charge in [-0.05, 0) is 42.5 Å². The number of nitrogen functional groups attached to an aromatic ring is 1. The number of hydrogen-bond donors (Lipinski definition) is 2. The third-order valence-electron chi connectivity index (χ3n) is 4.22. The lowest BCUT2D eigenvalue weighted by atomic mass is 9.76. The predicted octanol–water partition coefficient (Wildman–Crippen LogP) is 1.74. The molecular formula is C16H24N2O3. The van der Waals surface area contributed by atoms with Crippen LogP contribution in [0.15, 0.2) is 18.2 Å². The van der Waals surface area contributed by atoms with Gasteiger partial charge >= 0.3 is 5.97 Å². The lowest BCUT2D eigenvalue weighted by Gasteiger charge is -2.30. The lowest BCUT2D eigenvalue weighted by molar-refractivity contribution is -0.153. The lowest BCUT2D eigenvalue weighted by Crippen LogP contribution is -2.42. The van der Waals surface area contributed by atoms with Gasteiger partial charge in [0.15, 0.2) is 0 Å². The number of ether oxygens (including phenoxy) is 2. The van der Waals surface area contributed by atoms with Gasteiger partial charge < -0.3 is 20.9 Å². The van der Waals surface area contributed by atoms with Gasteiger partial charge in [-0.15, -0.1) is 0 Å². The highest BCUT2D eigenvalue weighted by atomic mass is 16.5. The Kier molecular flexibility index (Phi) is 4.73. The zero-order chi connectivity index (χ0) is 15.5. The van der Waals surface area contributed by atoms with Gasteiger partial charge in [-0.2, -0.15) is 0 Å². The van der Waals surface area contributed by atoms with Gasteiger partial charge in [0.2, 0.25) is 0 Å². The van der Waals surface area contributed by atoms with Crippen molar-refractivity contribution in [3.8, 4) is 5.75 Å². The molecule has 0 heterocycles. The first-order valence-corrected chi connectivity index (χ1v) is 7.25. The Bertz CT molecular complexity index is 514. The van der Waals surface area contributed by atoms with Gasteiger partial charge in [0.25, 0.3) is 0 Å². The Morgan fingerprint density at radius 2 is 2.10 bits per heavy atom. The van der Waals surface area contributed by atoms with Crippen LogP contribution in [0.3, 0.4) is 0 Å². The van der Waals surface area contributed by atoms with E-state index in [4.69, 9.17) is 20.9 Å². The fourth-order valence-electron chi connectivity index (χ4n) is 2.86. The topological polar surface area (TPSA) is 87.6 Å². The molecule has 1 fully saturated rings. The van der Waals surface area contributed by atoms with Crippen LogP contribution in [0.5, 0.6) is 5.75 Å². The molecule has 4 N–H and O–H groups in total. The molecule has 5 nitrogen and oxygen atoms in total. The van der Waals surface area contributed by atoms with E-state index in [9.17, 15) is 4.79 Å². The number of hydrogen-bond acceptors (Lipinski definition) is 5. The molecule has 1 saturated carbocycles. The summed E-state index contributed by atoms with van der Waals surface area (Å²) in [5.74, 6) is 1.04. The minimum atomic E-state index is -0.697. The maximum absolute atomic E-state index is 12.3. The molecule has 5 heteroatoms. The molecule has 1 atom stereocenters. The van der Waals surface area contributed by atoms with Gasteiger partial charge in [-0.1, -0.05) is 12.8 Å². The monoisotopic (exact) mass is 292 g/mol. The molecular weight excluding hydrogens is 268 g/mol. The number of methoxy groups -OCH3 is 2. The molecule has 0 aliphatic heterocycles. The van der Waals surface area contributed by atoms with E-state index in [1.165, 1.54) is 7.11 Å². The zero-order valence-corrected chi connectivity index (χ0v) is 12.7. The Morgan fingerprint density at radius 1 is 1.38 bits per heavy atom. The van der Waals surface area contributed by atoms with Gasteiger partial charge in [0, 0.05) is 12.2 Å². The van der Waals surface area contributed by atoms with Gasteiger partial charge in [-0.3, -0.25) is 4.79 Å². The van der Waals surface area contributed by atoms with Crippen molar-refractivity contribution >= 4 is 11.7 Å². The summed E-state index contributed by atoms with van der Waals surface area (Å²) in [4.78, 5) is 12.3. The average molecular weight is 292 g/mol. The fourth-order valence-corrected chi connectivity index (χ4v) is 2.86. The van der Waals surface area contributed by atoms with E-state index in [1.54, 1.807) is 13.2 Å². The maximum Gasteiger partial charge on any atom is 0.313 e. The van der Waals surface area contributed by atoms with Crippen LogP contribution in [0.2, 0.25) is 0 Å². The van der Waals surface area contributed by atoms with Gasteiger partial charge in [-0.25, -0.2) is 0 Å². The highest BCUT2D eigenvalue weighted by molar-refractivity contribution is 5.78. The van der Waals surface area contributed by atoms with Crippen molar-refractivity contribution in [3.63, 3.8) is 0 Å². The van der Waals surface area contributed by atoms with Crippen molar-refractivity contribution in [2.24, 2.45) is 17.1 Å². The quantitative estimate of drug-likeness (QED) is 0.590. The van der Waals surface area contributed by atoms with Crippen LogP contribution in [0.1, 0.15) is 24.8 Å². The van der Waals surface area contributed by atoms with Crippen LogP contribution < -0.4 is 16.2 Å². The molecule has 0 aromatic heterocycles. The van der Waals surface area contributed by atoms with E-state index < -0.39 is 5.41 Å². The van der Waals surface area contributed by atoms with Gasteiger partial charge in [0.1, 0.15) is 5.75 Å².